The summed E-state index contributed by atoms with van der Waals surface area (Å²) in [6.45, 7) is 0. The Hall–Kier alpha value is -1.64. The summed E-state index contributed by atoms with van der Waals surface area (Å²) in [6.07, 6.45) is 2.00. The monoisotopic (exact) mass is 232 g/mol. The molecule has 0 spiro atoms. The van der Waals surface area contributed by atoms with Gasteiger partial charge in [0.05, 0.1) is 5.92 Å². The fourth-order valence-electron chi connectivity index (χ4n) is 2.55. The Morgan fingerprint density at radius 3 is 2.65 bits per heavy atom. The van der Waals surface area contributed by atoms with Crippen LogP contribution in [0.5, 0.6) is 0 Å². The SMILES string of the molecule is O=C1CCC(C(=O)O)C(Cc2ccccc2)C1. The number of aliphatic carboxylic acids is 1. The molecule has 1 aromatic carbocycles. The van der Waals surface area contributed by atoms with E-state index >= 15 is 0 Å². The molecule has 0 amide bonds. The Morgan fingerprint density at radius 2 is 2.00 bits per heavy atom. The predicted molar refractivity (Wildman–Crippen MR) is 63.6 cm³/mol. The van der Waals surface area contributed by atoms with Gasteiger partial charge in [0.1, 0.15) is 5.78 Å². The third-order valence-corrected chi connectivity index (χ3v) is 3.45. The van der Waals surface area contributed by atoms with E-state index in [4.69, 9.17) is 5.11 Å². The molecule has 0 saturated heterocycles. The first-order valence-corrected chi connectivity index (χ1v) is 5.95. The number of carboxylic acid groups (broad SMARTS) is 1. The molecule has 17 heavy (non-hydrogen) atoms. The van der Waals surface area contributed by atoms with Crippen molar-refractivity contribution in [1.29, 1.82) is 0 Å². The maximum absolute atomic E-state index is 11.4. The van der Waals surface area contributed by atoms with Crippen LogP contribution in [0.15, 0.2) is 30.3 Å². The summed E-state index contributed by atoms with van der Waals surface area (Å²) in [5.41, 5.74) is 1.11. The van der Waals surface area contributed by atoms with Crippen LogP contribution in [0.3, 0.4) is 0 Å². The molecule has 3 nitrogen and oxygen atoms in total. The van der Waals surface area contributed by atoms with Crippen molar-refractivity contribution in [3.05, 3.63) is 35.9 Å². The first-order chi connectivity index (χ1) is 8.16. The van der Waals surface area contributed by atoms with Gasteiger partial charge in [-0.2, -0.15) is 0 Å². The number of Topliss-reactive ketones (excluding diaryl/α,β-unsaturated/α-hetero) is 1. The van der Waals surface area contributed by atoms with Gasteiger partial charge in [-0.1, -0.05) is 30.3 Å². The smallest absolute Gasteiger partial charge is 0.306 e. The zero-order valence-electron chi connectivity index (χ0n) is 9.63. The Morgan fingerprint density at radius 1 is 1.29 bits per heavy atom. The molecule has 1 aliphatic carbocycles. The van der Waals surface area contributed by atoms with Gasteiger partial charge >= 0.3 is 5.97 Å². The van der Waals surface area contributed by atoms with Crippen molar-refractivity contribution in [2.24, 2.45) is 11.8 Å². The molecule has 2 rings (SSSR count). The van der Waals surface area contributed by atoms with Crippen LogP contribution in [0.25, 0.3) is 0 Å². The van der Waals surface area contributed by atoms with Gasteiger partial charge in [-0.3, -0.25) is 9.59 Å². The molecule has 0 bridgehead atoms. The van der Waals surface area contributed by atoms with Gasteiger partial charge in [-0.15, -0.1) is 0 Å². The highest BCUT2D eigenvalue weighted by Gasteiger charge is 2.33. The highest BCUT2D eigenvalue weighted by Crippen LogP contribution is 2.31. The standard InChI is InChI=1S/C14H16O3/c15-12-6-7-13(14(16)17)11(9-12)8-10-4-2-1-3-5-10/h1-5,11,13H,6-9H2,(H,16,17). The molecule has 1 N–H and O–H groups in total. The van der Waals surface area contributed by atoms with Crippen molar-refractivity contribution in [2.45, 2.75) is 25.7 Å². The molecule has 2 unspecified atom stereocenters. The zero-order valence-corrected chi connectivity index (χ0v) is 9.63. The second-order valence-electron chi connectivity index (χ2n) is 4.68. The summed E-state index contributed by atoms with van der Waals surface area (Å²) in [5.74, 6) is -0.981. The van der Waals surface area contributed by atoms with Crippen LogP contribution in [-0.4, -0.2) is 16.9 Å². The van der Waals surface area contributed by atoms with Gasteiger partial charge in [0.2, 0.25) is 0 Å². The lowest BCUT2D eigenvalue weighted by molar-refractivity contribution is -0.145. The van der Waals surface area contributed by atoms with Crippen molar-refractivity contribution < 1.29 is 14.7 Å². The molecule has 0 aliphatic heterocycles. The minimum Gasteiger partial charge on any atom is -0.481 e. The normalized spacial score (nSPS) is 24.6. The van der Waals surface area contributed by atoms with Gasteiger partial charge in [-0.05, 0) is 24.3 Å². The first kappa shape index (κ1) is 11.8. The van der Waals surface area contributed by atoms with Gasteiger partial charge in [0.25, 0.3) is 0 Å². The third-order valence-electron chi connectivity index (χ3n) is 3.45. The molecule has 1 aliphatic rings. The minimum atomic E-state index is -0.765. The highest BCUT2D eigenvalue weighted by molar-refractivity contribution is 5.82. The molecule has 90 valence electrons. The molecular formula is C14H16O3. The van der Waals surface area contributed by atoms with Gasteiger partial charge in [0.15, 0.2) is 0 Å². The van der Waals surface area contributed by atoms with E-state index in [0.717, 1.165) is 5.56 Å². The van der Waals surface area contributed by atoms with Crippen LogP contribution in [0.2, 0.25) is 0 Å². The average molecular weight is 232 g/mol. The number of ketones is 1. The summed E-state index contributed by atoms with van der Waals surface area (Å²) >= 11 is 0. The van der Waals surface area contributed by atoms with E-state index in [1.165, 1.54) is 0 Å². The maximum atomic E-state index is 11.4. The second kappa shape index (κ2) is 5.13. The Labute approximate surface area is 100 Å². The molecule has 0 heterocycles. The van der Waals surface area contributed by atoms with Crippen molar-refractivity contribution in [1.82, 2.24) is 0 Å². The fourth-order valence-corrected chi connectivity index (χ4v) is 2.55. The zero-order chi connectivity index (χ0) is 12.3. The molecule has 2 atom stereocenters. The van der Waals surface area contributed by atoms with Crippen LogP contribution in [0.4, 0.5) is 0 Å². The highest BCUT2D eigenvalue weighted by atomic mass is 16.4. The summed E-state index contributed by atoms with van der Waals surface area (Å²) in [6, 6.07) is 9.78. The van der Waals surface area contributed by atoms with E-state index in [2.05, 4.69) is 0 Å². The number of carbonyl (C=O) groups is 2. The van der Waals surface area contributed by atoms with Crippen LogP contribution >= 0.6 is 0 Å². The third kappa shape index (κ3) is 2.93. The number of rotatable bonds is 3. The molecular weight excluding hydrogens is 216 g/mol. The minimum absolute atomic E-state index is 0.0452. The first-order valence-electron chi connectivity index (χ1n) is 5.95. The lowest BCUT2D eigenvalue weighted by Gasteiger charge is -2.27. The lowest BCUT2D eigenvalue weighted by atomic mass is 9.75. The van der Waals surface area contributed by atoms with E-state index in [-0.39, 0.29) is 17.6 Å². The summed E-state index contributed by atoms with van der Waals surface area (Å²) in [7, 11) is 0. The molecule has 1 aromatic rings. The van der Waals surface area contributed by atoms with Crippen molar-refractivity contribution in [2.75, 3.05) is 0 Å². The van der Waals surface area contributed by atoms with Crippen molar-refractivity contribution in [3.63, 3.8) is 0 Å². The van der Waals surface area contributed by atoms with E-state index in [9.17, 15) is 9.59 Å². The Bertz CT molecular complexity index is 411. The van der Waals surface area contributed by atoms with Crippen molar-refractivity contribution in [3.8, 4) is 0 Å². The van der Waals surface area contributed by atoms with Crippen LogP contribution in [0, 0.1) is 11.8 Å². The second-order valence-corrected chi connectivity index (χ2v) is 4.68. The van der Waals surface area contributed by atoms with Gasteiger partial charge in [0, 0.05) is 12.8 Å². The Kier molecular flexibility index (Phi) is 3.57. The largest absolute Gasteiger partial charge is 0.481 e. The number of benzene rings is 1. The average Bonchev–Trinajstić information content (AvgIpc) is 2.30. The van der Waals surface area contributed by atoms with Crippen molar-refractivity contribution >= 4 is 11.8 Å². The predicted octanol–water partition coefficient (Wildman–Crippen LogP) is 2.30. The molecule has 1 saturated carbocycles. The molecule has 0 aromatic heterocycles. The van der Waals surface area contributed by atoms with E-state index in [1.807, 2.05) is 30.3 Å². The van der Waals surface area contributed by atoms with E-state index < -0.39 is 5.97 Å². The molecule has 3 heteroatoms. The van der Waals surface area contributed by atoms with Crippen LogP contribution < -0.4 is 0 Å². The summed E-state index contributed by atoms with van der Waals surface area (Å²) in [5, 5.41) is 9.16. The number of carbonyl (C=O) groups excluding carboxylic acids is 1. The summed E-state index contributed by atoms with van der Waals surface area (Å²) in [4.78, 5) is 22.6. The number of hydrogen-bond donors (Lipinski definition) is 1. The maximum Gasteiger partial charge on any atom is 0.306 e. The van der Waals surface area contributed by atoms with E-state index in [0.29, 0.717) is 25.7 Å². The quantitative estimate of drug-likeness (QED) is 0.870. The Balaban J connectivity index is 2.10. The van der Waals surface area contributed by atoms with Gasteiger partial charge in [-0.25, -0.2) is 0 Å². The van der Waals surface area contributed by atoms with Crippen LogP contribution in [-0.2, 0) is 16.0 Å². The van der Waals surface area contributed by atoms with Crippen LogP contribution in [0.1, 0.15) is 24.8 Å². The lowest BCUT2D eigenvalue weighted by Crippen LogP contribution is -2.32. The van der Waals surface area contributed by atoms with E-state index in [1.54, 1.807) is 0 Å². The topological polar surface area (TPSA) is 54.4 Å². The molecule has 1 fully saturated rings. The number of carboxylic acids is 1. The fraction of sp³-hybridized carbons (Fsp3) is 0.429. The summed E-state index contributed by atoms with van der Waals surface area (Å²) < 4.78 is 0. The van der Waals surface area contributed by atoms with Gasteiger partial charge < -0.3 is 5.11 Å². The molecule has 0 radical (unpaired) electrons. The number of hydrogen-bond acceptors (Lipinski definition) is 2.